The number of carboxylic acids is 1. The van der Waals surface area contributed by atoms with E-state index in [1.54, 1.807) is 0 Å². The normalized spacial score (nSPS) is 10.8. The molecule has 0 atom stereocenters. The quantitative estimate of drug-likeness (QED) is 0.797. The number of fused-ring (bicyclic) bond motifs is 1. The number of pyridine rings is 1. The minimum absolute atomic E-state index is 0.195. The topological polar surface area (TPSA) is 70.2 Å². The Hall–Kier alpha value is -2.24. The van der Waals surface area contributed by atoms with Crippen molar-refractivity contribution in [1.29, 1.82) is 0 Å². The van der Waals surface area contributed by atoms with Gasteiger partial charge in [0.2, 0.25) is 5.43 Å². The Morgan fingerprint density at radius 2 is 2.06 bits per heavy atom. The zero-order chi connectivity index (χ0) is 12.7. The van der Waals surface area contributed by atoms with Crippen LogP contribution in [0.4, 0.5) is 8.78 Å². The summed E-state index contributed by atoms with van der Waals surface area (Å²) in [4.78, 5) is 24.7. The lowest BCUT2D eigenvalue weighted by atomic mass is 10.1. The highest BCUT2D eigenvalue weighted by atomic mass is 19.1. The molecule has 0 aliphatic carbocycles. The summed E-state index contributed by atoms with van der Waals surface area (Å²) in [7, 11) is 0. The third kappa shape index (κ3) is 1.57. The molecule has 1 heterocycles. The summed E-state index contributed by atoms with van der Waals surface area (Å²) in [6.45, 7) is 1.23. The van der Waals surface area contributed by atoms with Gasteiger partial charge >= 0.3 is 5.97 Å². The van der Waals surface area contributed by atoms with Gasteiger partial charge in [-0.3, -0.25) is 4.79 Å². The fourth-order valence-electron chi connectivity index (χ4n) is 1.55. The first-order valence-corrected chi connectivity index (χ1v) is 4.66. The molecule has 0 fully saturated rings. The molecule has 0 radical (unpaired) electrons. The van der Waals surface area contributed by atoms with Gasteiger partial charge in [0.25, 0.3) is 0 Å². The van der Waals surface area contributed by atoms with Gasteiger partial charge in [0.1, 0.15) is 11.4 Å². The molecule has 0 spiro atoms. The summed E-state index contributed by atoms with van der Waals surface area (Å²) in [5.74, 6) is -3.23. The van der Waals surface area contributed by atoms with Crippen LogP contribution >= 0.6 is 0 Å². The molecule has 4 nitrogen and oxygen atoms in total. The van der Waals surface area contributed by atoms with Crippen LogP contribution in [0.3, 0.4) is 0 Å². The van der Waals surface area contributed by atoms with Crippen LogP contribution in [0.1, 0.15) is 15.9 Å². The molecule has 17 heavy (non-hydrogen) atoms. The number of carboxylic acid groups (broad SMARTS) is 1. The summed E-state index contributed by atoms with van der Waals surface area (Å²) in [5, 5.41) is 8.40. The third-order valence-electron chi connectivity index (χ3n) is 2.53. The maximum atomic E-state index is 13.6. The lowest BCUT2D eigenvalue weighted by Gasteiger charge is -2.04. The van der Waals surface area contributed by atoms with Crippen LogP contribution in [0, 0.1) is 18.6 Å². The SMILES string of the molecule is Cc1c(F)cc2c(=O)c(C(=O)O)c[nH]c2c1F. The van der Waals surface area contributed by atoms with E-state index in [-0.39, 0.29) is 16.5 Å². The number of carbonyl (C=O) groups is 1. The second-order valence-corrected chi connectivity index (χ2v) is 3.56. The van der Waals surface area contributed by atoms with Crippen molar-refractivity contribution in [3.05, 3.63) is 45.2 Å². The second kappa shape index (κ2) is 3.65. The summed E-state index contributed by atoms with van der Waals surface area (Å²) in [5.41, 5.74) is -1.89. The van der Waals surface area contributed by atoms with E-state index in [0.29, 0.717) is 0 Å². The fraction of sp³-hybridized carbons (Fsp3) is 0.0909. The number of rotatable bonds is 1. The predicted molar refractivity (Wildman–Crippen MR) is 56.2 cm³/mol. The first kappa shape index (κ1) is 11.3. The molecule has 0 saturated carbocycles. The van der Waals surface area contributed by atoms with E-state index < -0.39 is 28.6 Å². The van der Waals surface area contributed by atoms with E-state index in [1.165, 1.54) is 6.92 Å². The first-order valence-electron chi connectivity index (χ1n) is 4.66. The van der Waals surface area contributed by atoms with E-state index in [4.69, 9.17) is 5.11 Å². The van der Waals surface area contributed by atoms with Crippen molar-refractivity contribution in [1.82, 2.24) is 4.98 Å². The van der Waals surface area contributed by atoms with E-state index in [9.17, 15) is 18.4 Å². The molecule has 0 unspecified atom stereocenters. The molecule has 0 bridgehead atoms. The van der Waals surface area contributed by atoms with Crippen LogP contribution in [0.15, 0.2) is 17.1 Å². The van der Waals surface area contributed by atoms with Crippen molar-refractivity contribution in [2.24, 2.45) is 0 Å². The summed E-state index contributed by atoms with van der Waals surface area (Å²) >= 11 is 0. The van der Waals surface area contributed by atoms with Crippen molar-refractivity contribution in [3.8, 4) is 0 Å². The smallest absolute Gasteiger partial charge is 0.341 e. The standard InChI is InChI=1S/C11H7F2NO3/c1-4-7(12)2-5-9(8(4)13)14-3-6(10(5)15)11(16)17/h2-3H,1H3,(H,14,15)(H,16,17). The van der Waals surface area contributed by atoms with Gasteiger partial charge in [-0.2, -0.15) is 0 Å². The molecule has 6 heteroatoms. The van der Waals surface area contributed by atoms with Crippen molar-refractivity contribution in [2.45, 2.75) is 6.92 Å². The average molecular weight is 239 g/mol. The number of hydrogen-bond acceptors (Lipinski definition) is 2. The maximum absolute atomic E-state index is 13.6. The van der Waals surface area contributed by atoms with Crippen molar-refractivity contribution < 1.29 is 18.7 Å². The van der Waals surface area contributed by atoms with Gasteiger partial charge in [0, 0.05) is 11.8 Å². The molecule has 1 aromatic carbocycles. The highest BCUT2D eigenvalue weighted by Crippen LogP contribution is 2.19. The van der Waals surface area contributed by atoms with Crippen LogP contribution < -0.4 is 5.43 Å². The molecular weight excluding hydrogens is 232 g/mol. The monoisotopic (exact) mass is 239 g/mol. The lowest BCUT2D eigenvalue weighted by molar-refractivity contribution is 0.0695. The second-order valence-electron chi connectivity index (χ2n) is 3.56. The third-order valence-corrected chi connectivity index (χ3v) is 2.53. The van der Waals surface area contributed by atoms with Crippen LogP contribution in [-0.2, 0) is 0 Å². The van der Waals surface area contributed by atoms with E-state index >= 15 is 0 Å². The molecule has 2 aromatic rings. The number of hydrogen-bond donors (Lipinski definition) is 2. The zero-order valence-corrected chi connectivity index (χ0v) is 8.67. The molecule has 0 aliphatic rings. The summed E-state index contributed by atoms with van der Waals surface area (Å²) < 4.78 is 26.9. The highest BCUT2D eigenvalue weighted by Gasteiger charge is 2.16. The van der Waals surface area contributed by atoms with E-state index in [0.717, 1.165) is 12.3 Å². The molecule has 0 saturated heterocycles. The molecular formula is C11H7F2NO3. The Morgan fingerprint density at radius 1 is 1.41 bits per heavy atom. The number of H-pyrrole nitrogens is 1. The first-order chi connectivity index (χ1) is 7.93. The molecule has 0 amide bonds. The van der Waals surface area contributed by atoms with Crippen molar-refractivity contribution >= 4 is 16.9 Å². The van der Waals surface area contributed by atoms with Crippen LogP contribution in [0.2, 0.25) is 0 Å². The minimum atomic E-state index is -1.45. The molecule has 2 rings (SSSR count). The molecule has 1 aromatic heterocycles. The zero-order valence-electron chi connectivity index (χ0n) is 8.67. The summed E-state index contributed by atoms with van der Waals surface area (Å²) in [6, 6.07) is 0.832. The Morgan fingerprint density at radius 3 is 2.65 bits per heavy atom. The number of aromatic carboxylic acids is 1. The number of aromatic nitrogens is 1. The van der Waals surface area contributed by atoms with Gasteiger partial charge in [0.05, 0.1) is 10.9 Å². The minimum Gasteiger partial charge on any atom is -0.477 e. The molecule has 88 valence electrons. The van der Waals surface area contributed by atoms with Gasteiger partial charge in [-0.25, -0.2) is 13.6 Å². The Bertz CT molecular complexity index is 691. The van der Waals surface area contributed by atoms with E-state index in [1.807, 2.05) is 0 Å². The van der Waals surface area contributed by atoms with Gasteiger partial charge < -0.3 is 10.1 Å². The highest BCUT2D eigenvalue weighted by molar-refractivity contribution is 5.92. The maximum Gasteiger partial charge on any atom is 0.341 e. The molecule has 0 aliphatic heterocycles. The van der Waals surface area contributed by atoms with Crippen LogP contribution in [-0.4, -0.2) is 16.1 Å². The van der Waals surface area contributed by atoms with Gasteiger partial charge in [0.15, 0.2) is 5.82 Å². The van der Waals surface area contributed by atoms with Crippen LogP contribution in [0.25, 0.3) is 10.9 Å². The van der Waals surface area contributed by atoms with Gasteiger partial charge in [-0.15, -0.1) is 0 Å². The van der Waals surface area contributed by atoms with Gasteiger partial charge in [-0.1, -0.05) is 0 Å². The Kier molecular flexibility index (Phi) is 2.42. The fourth-order valence-corrected chi connectivity index (χ4v) is 1.55. The number of halogens is 2. The van der Waals surface area contributed by atoms with E-state index in [2.05, 4.69) is 4.98 Å². The number of aromatic amines is 1. The lowest BCUT2D eigenvalue weighted by Crippen LogP contribution is -2.16. The van der Waals surface area contributed by atoms with Crippen molar-refractivity contribution in [2.75, 3.05) is 0 Å². The number of benzene rings is 1. The average Bonchev–Trinajstić information content (AvgIpc) is 2.27. The van der Waals surface area contributed by atoms with Crippen molar-refractivity contribution in [3.63, 3.8) is 0 Å². The van der Waals surface area contributed by atoms with Crippen LogP contribution in [0.5, 0.6) is 0 Å². The number of nitrogens with one attached hydrogen (secondary N) is 1. The summed E-state index contributed by atoms with van der Waals surface area (Å²) in [6.07, 6.45) is 0.896. The van der Waals surface area contributed by atoms with Gasteiger partial charge in [-0.05, 0) is 13.0 Å². The Labute approximate surface area is 93.5 Å². The predicted octanol–water partition coefficient (Wildman–Crippen LogP) is 1.81. The Balaban J connectivity index is 2.98. The molecule has 2 N–H and O–H groups in total. The largest absolute Gasteiger partial charge is 0.477 e.